The van der Waals surface area contributed by atoms with Gasteiger partial charge in [-0.25, -0.2) is 0 Å². The van der Waals surface area contributed by atoms with Crippen LogP contribution in [0.1, 0.15) is 57.5 Å². The van der Waals surface area contributed by atoms with E-state index in [9.17, 15) is 0 Å². The van der Waals surface area contributed by atoms with Crippen molar-refractivity contribution in [1.82, 2.24) is 0 Å². The highest BCUT2D eigenvalue weighted by Crippen LogP contribution is 2.74. The Morgan fingerprint density at radius 3 is 2.25 bits per heavy atom. The minimum atomic E-state index is 0.132. The zero-order chi connectivity index (χ0) is 14.9. The lowest BCUT2D eigenvalue weighted by Crippen LogP contribution is -2.18. The van der Waals surface area contributed by atoms with Gasteiger partial charge in [-0.15, -0.1) is 0 Å². The quantitative estimate of drug-likeness (QED) is 0.650. The molecule has 1 aliphatic carbocycles. The van der Waals surface area contributed by atoms with Gasteiger partial charge in [-0.3, -0.25) is 0 Å². The number of alkyl halides is 1. The summed E-state index contributed by atoms with van der Waals surface area (Å²) >= 11 is 3.97. The monoisotopic (exact) mass is 336 g/mol. The number of benzene rings is 1. The standard InChI is InChI=1S/C18H25BrO/c1-16(2)10-20-13-8-7-11(9-12(13)16)14(19)15-17(3,4)18(15,5)6/h7-9,14-15H,10H2,1-6H3. The molecule has 1 fully saturated rings. The molecule has 3 rings (SSSR count). The van der Waals surface area contributed by atoms with Crippen LogP contribution in [0.3, 0.4) is 0 Å². The zero-order valence-corrected chi connectivity index (χ0v) is 15.0. The maximum Gasteiger partial charge on any atom is 0.123 e. The summed E-state index contributed by atoms with van der Waals surface area (Å²) in [7, 11) is 0. The van der Waals surface area contributed by atoms with Gasteiger partial charge in [0.05, 0.1) is 6.61 Å². The van der Waals surface area contributed by atoms with Crippen LogP contribution in [-0.4, -0.2) is 6.61 Å². The summed E-state index contributed by atoms with van der Waals surface area (Å²) in [5, 5.41) is 0. The molecule has 2 aliphatic rings. The average molecular weight is 337 g/mol. The van der Waals surface area contributed by atoms with Crippen molar-refractivity contribution in [2.45, 2.75) is 51.8 Å². The summed E-state index contributed by atoms with van der Waals surface area (Å²) in [4.78, 5) is 0.425. The van der Waals surface area contributed by atoms with E-state index in [1.807, 2.05) is 0 Å². The predicted molar refractivity (Wildman–Crippen MR) is 87.7 cm³/mol. The molecule has 1 aliphatic heterocycles. The summed E-state index contributed by atoms with van der Waals surface area (Å²) in [6.45, 7) is 14.8. The van der Waals surface area contributed by atoms with Crippen LogP contribution < -0.4 is 4.74 Å². The van der Waals surface area contributed by atoms with E-state index >= 15 is 0 Å². The van der Waals surface area contributed by atoms with Crippen molar-refractivity contribution in [3.8, 4) is 5.75 Å². The van der Waals surface area contributed by atoms with Crippen molar-refractivity contribution in [1.29, 1.82) is 0 Å². The third-order valence-electron chi connectivity index (χ3n) is 6.06. The van der Waals surface area contributed by atoms with Crippen molar-refractivity contribution in [3.63, 3.8) is 0 Å². The molecular weight excluding hydrogens is 312 g/mol. The summed E-state index contributed by atoms with van der Waals surface area (Å²) in [5.41, 5.74) is 3.67. The van der Waals surface area contributed by atoms with Crippen LogP contribution in [0.5, 0.6) is 5.75 Å². The highest BCUT2D eigenvalue weighted by atomic mass is 79.9. The molecule has 1 atom stereocenters. The van der Waals surface area contributed by atoms with E-state index in [2.05, 4.69) is 75.7 Å². The summed E-state index contributed by atoms with van der Waals surface area (Å²) < 4.78 is 5.79. The van der Waals surface area contributed by atoms with Crippen LogP contribution in [-0.2, 0) is 5.41 Å². The minimum Gasteiger partial charge on any atom is -0.492 e. The van der Waals surface area contributed by atoms with E-state index in [-0.39, 0.29) is 5.41 Å². The van der Waals surface area contributed by atoms with E-state index in [1.54, 1.807) is 0 Å². The molecule has 1 saturated carbocycles. The smallest absolute Gasteiger partial charge is 0.123 e. The maximum atomic E-state index is 5.79. The molecule has 1 heterocycles. The van der Waals surface area contributed by atoms with Crippen LogP contribution in [0, 0.1) is 16.7 Å². The van der Waals surface area contributed by atoms with Gasteiger partial charge < -0.3 is 4.74 Å². The Bertz CT molecular complexity index is 543. The lowest BCUT2D eigenvalue weighted by Gasteiger charge is -2.18. The van der Waals surface area contributed by atoms with Gasteiger partial charge in [0.1, 0.15) is 5.75 Å². The van der Waals surface area contributed by atoms with Crippen molar-refractivity contribution >= 4 is 15.9 Å². The SMILES string of the molecule is CC1(C)COc2ccc(C(Br)C3C(C)(C)C3(C)C)cc21. The fourth-order valence-electron chi connectivity index (χ4n) is 3.88. The molecule has 1 nitrogen and oxygen atoms in total. The number of fused-ring (bicyclic) bond motifs is 1. The minimum absolute atomic E-state index is 0.132. The van der Waals surface area contributed by atoms with E-state index < -0.39 is 0 Å². The van der Waals surface area contributed by atoms with E-state index in [4.69, 9.17) is 4.74 Å². The maximum absolute atomic E-state index is 5.79. The summed E-state index contributed by atoms with van der Waals surface area (Å²) in [5.74, 6) is 1.74. The molecule has 2 heteroatoms. The number of halogens is 1. The largest absolute Gasteiger partial charge is 0.492 e. The molecule has 20 heavy (non-hydrogen) atoms. The number of hydrogen-bond donors (Lipinski definition) is 0. The van der Waals surface area contributed by atoms with E-state index in [0.29, 0.717) is 21.6 Å². The second-order valence-electron chi connectivity index (χ2n) is 8.25. The van der Waals surface area contributed by atoms with Crippen LogP contribution in [0.15, 0.2) is 18.2 Å². The molecule has 1 aromatic carbocycles. The van der Waals surface area contributed by atoms with Crippen LogP contribution in [0.4, 0.5) is 0 Å². The lowest BCUT2D eigenvalue weighted by atomic mass is 9.85. The molecule has 0 bridgehead atoms. The molecule has 0 radical (unpaired) electrons. The molecule has 0 amide bonds. The Morgan fingerprint density at radius 2 is 1.70 bits per heavy atom. The van der Waals surface area contributed by atoms with Gasteiger partial charge in [0.15, 0.2) is 0 Å². The molecule has 0 spiro atoms. The van der Waals surface area contributed by atoms with Gasteiger partial charge in [-0.05, 0) is 28.4 Å². The molecule has 1 unspecified atom stereocenters. The highest BCUT2D eigenvalue weighted by Gasteiger charge is 2.66. The van der Waals surface area contributed by atoms with Crippen LogP contribution in [0.2, 0.25) is 0 Å². The summed E-state index contributed by atoms with van der Waals surface area (Å²) in [6.07, 6.45) is 0. The van der Waals surface area contributed by atoms with Crippen molar-refractivity contribution in [3.05, 3.63) is 29.3 Å². The topological polar surface area (TPSA) is 9.23 Å². The van der Waals surface area contributed by atoms with E-state index in [0.717, 1.165) is 12.4 Å². The Kier molecular flexibility index (Phi) is 2.91. The fourth-order valence-corrected chi connectivity index (χ4v) is 5.49. The van der Waals surface area contributed by atoms with Crippen LogP contribution >= 0.6 is 15.9 Å². The molecular formula is C18H25BrO. The van der Waals surface area contributed by atoms with Gasteiger partial charge in [0.25, 0.3) is 0 Å². The van der Waals surface area contributed by atoms with E-state index in [1.165, 1.54) is 11.1 Å². The zero-order valence-electron chi connectivity index (χ0n) is 13.4. The molecule has 0 N–H and O–H groups in total. The van der Waals surface area contributed by atoms with Gasteiger partial charge >= 0.3 is 0 Å². The first-order chi connectivity index (χ1) is 9.09. The third kappa shape index (κ3) is 1.80. The Balaban J connectivity index is 1.94. The Labute approximate surface area is 131 Å². The average Bonchev–Trinajstić information content (AvgIpc) is 2.62. The third-order valence-corrected chi connectivity index (χ3v) is 7.12. The second kappa shape index (κ2) is 4.03. The number of ether oxygens (including phenoxy) is 1. The second-order valence-corrected chi connectivity index (χ2v) is 9.24. The van der Waals surface area contributed by atoms with Crippen LogP contribution in [0.25, 0.3) is 0 Å². The summed E-state index contributed by atoms with van der Waals surface area (Å²) in [6, 6.07) is 6.73. The molecule has 110 valence electrons. The molecule has 0 saturated heterocycles. The first-order valence-corrected chi connectivity index (χ1v) is 8.42. The molecule has 1 aromatic rings. The first-order valence-electron chi connectivity index (χ1n) is 7.50. The van der Waals surface area contributed by atoms with Gasteiger partial charge in [0.2, 0.25) is 0 Å². The van der Waals surface area contributed by atoms with Crippen molar-refractivity contribution < 1.29 is 4.74 Å². The predicted octanol–water partition coefficient (Wildman–Crippen LogP) is 5.47. The van der Waals surface area contributed by atoms with Crippen molar-refractivity contribution in [2.24, 2.45) is 16.7 Å². The number of rotatable bonds is 2. The Morgan fingerprint density at radius 1 is 1.10 bits per heavy atom. The normalized spacial score (nSPS) is 26.8. The molecule has 0 aromatic heterocycles. The first kappa shape index (κ1) is 14.4. The van der Waals surface area contributed by atoms with Gasteiger partial charge in [0, 0.05) is 15.8 Å². The van der Waals surface area contributed by atoms with Crippen molar-refractivity contribution in [2.75, 3.05) is 6.61 Å². The van der Waals surface area contributed by atoms with Gasteiger partial charge in [-0.1, -0.05) is 69.6 Å². The highest BCUT2D eigenvalue weighted by molar-refractivity contribution is 9.09. The fraction of sp³-hybridized carbons (Fsp3) is 0.667. The lowest BCUT2D eigenvalue weighted by molar-refractivity contribution is 0.291. The number of hydrogen-bond acceptors (Lipinski definition) is 1. The van der Waals surface area contributed by atoms with Gasteiger partial charge in [-0.2, -0.15) is 0 Å². The Hall–Kier alpha value is -0.500.